The molecule has 0 radical (unpaired) electrons. The third kappa shape index (κ3) is 25.4. The van der Waals surface area contributed by atoms with E-state index >= 15 is 0 Å². The fourth-order valence-corrected chi connectivity index (χ4v) is 0.774. The fourth-order valence-electron chi connectivity index (χ4n) is 0.774. The summed E-state index contributed by atoms with van der Waals surface area (Å²) in [5.41, 5.74) is 0. The fraction of sp³-hybridized carbons (Fsp3) is 0.857. The van der Waals surface area contributed by atoms with Crippen LogP contribution in [0, 0.1) is 0 Å². The van der Waals surface area contributed by atoms with Crippen molar-refractivity contribution >= 4 is 11.8 Å². The van der Waals surface area contributed by atoms with Crippen molar-refractivity contribution in [1.82, 2.24) is 0 Å². The Kier molecular flexibility index (Phi) is 30.3. The zero-order chi connectivity index (χ0) is 12.1. The maximum atomic E-state index is 10.4. The van der Waals surface area contributed by atoms with Gasteiger partial charge < -0.3 is 4.74 Å². The second-order valence-electron chi connectivity index (χ2n) is 3.22. The monoisotopic (exact) mass is 248 g/mol. The molecule has 0 fully saturated rings. The van der Waals surface area contributed by atoms with Crippen LogP contribution in [0.15, 0.2) is 0 Å². The van der Waals surface area contributed by atoms with Gasteiger partial charge in [-0.15, -0.1) is 0 Å². The molecule has 0 amide bonds. The molecule has 0 heterocycles. The average Bonchev–Trinajstić information content (AvgIpc) is 2.26. The molecule has 0 aliphatic heterocycles. The van der Waals surface area contributed by atoms with Crippen molar-refractivity contribution < 1.29 is 14.3 Å². The predicted molar refractivity (Wildman–Crippen MR) is 75.2 cm³/mol. The van der Waals surface area contributed by atoms with Crippen LogP contribution in [0.1, 0.15) is 74.7 Å². The van der Waals surface area contributed by atoms with Crippen LogP contribution in [-0.2, 0) is 14.3 Å². The molecule has 0 atom stereocenters. The lowest BCUT2D eigenvalue weighted by Gasteiger charge is -1.97. The predicted octanol–water partition coefficient (Wildman–Crippen LogP) is 4.39. The third-order valence-electron chi connectivity index (χ3n) is 1.68. The Morgan fingerprint density at radius 2 is 1.41 bits per heavy atom. The molecular formula is C14H32O3. The number of rotatable bonds is 6. The highest BCUT2D eigenvalue weighted by molar-refractivity contribution is 5.77. The molecule has 0 aliphatic rings. The molecule has 0 aliphatic carbocycles. The van der Waals surface area contributed by atoms with Crippen molar-refractivity contribution in [3.8, 4) is 0 Å². The Morgan fingerprint density at radius 3 is 1.65 bits per heavy atom. The highest BCUT2D eigenvalue weighted by Crippen LogP contribution is 1.90. The van der Waals surface area contributed by atoms with Crippen LogP contribution in [0.2, 0.25) is 0 Å². The van der Waals surface area contributed by atoms with Gasteiger partial charge in [-0.3, -0.25) is 9.59 Å². The summed E-state index contributed by atoms with van der Waals surface area (Å²) in [5.74, 6) is 0.273. The lowest BCUT2D eigenvalue weighted by molar-refractivity contribution is -0.143. The van der Waals surface area contributed by atoms with Crippen molar-refractivity contribution in [2.75, 3.05) is 6.61 Å². The molecule has 0 saturated carbocycles. The summed E-state index contributed by atoms with van der Waals surface area (Å²) in [7, 11) is 0. The van der Waals surface area contributed by atoms with Gasteiger partial charge in [0.2, 0.25) is 0 Å². The van der Waals surface area contributed by atoms with E-state index in [0.717, 1.165) is 19.3 Å². The van der Waals surface area contributed by atoms with Crippen LogP contribution in [0.5, 0.6) is 0 Å². The van der Waals surface area contributed by atoms with E-state index in [1.54, 1.807) is 6.92 Å². The van der Waals surface area contributed by atoms with Crippen molar-refractivity contribution in [2.45, 2.75) is 74.7 Å². The molecule has 0 saturated heterocycles. The molecule has 0 N–H and O–H groups in total. The van der Waals surface area contributed by atoms with Crippen molar-refractivity contribution in [3.63, 3.8) is 0 Å². The van der Waals surface area contributed by atoms with E-state index in [2.05, 4.69) is 0 Å². The Labute approximate surface area is 108 Å². The van der Waals surface area contributed by atoms with Crippen molar-refractivity contribution in [1.29, 1.82) is 0 Å². The number of ether oxygens (including phenoxy) is 1. The van der Waals surface area contributed by atoms with Gasteiger partial charge in [-0.25, -0.2) is 0 Å². The Hall–Kier alpha value is -0.860. The number of esters is 1. The highest BCUT2D eigenvalue weighted by Gasteiger charge is 1.93. The highest BCUT2D eigenvalue weighted by atomic mass is 16.5. The molecule has 0 unspecified atom stereocenters. The molecule has 0 spiro atoms. The van der Waals surface area contributed by atoms with Crippen LogP contribution in [0.25, 0.3) is 0 Å². The molecule has 0 aromatic rings. The molecule has 0 aromatic carbocycles. The largest absolute Gasteiger partial charge is 0.466 e. The van der Waals surface area contributed by atoms with Gasteiger partial charge in [-0.05, 0) is 12.8 Å². The zero-order valence-corrected chi connectivity index (χ0v) is 10.5. The number of Topliss-reactive ketones (excluding diaryl/α,β-unsaturated/α-hetero) is 1. The van der Waals surface area contributed by atoms with Gasteiger partial charge in [-0.2, -0.15) is 0 Å². The molecule has 0 bridgehead atoms. The first-order valence-corrected chi connectivity index (χ1v) is 5.79. The minimum Gasteiger partial charge on any atom is -0.466 e. The first-order chi connectivity index (χ1) is 7.12. The summed E-state index contributed by atoms with van der Waals surface area (Å²) in [6, 6.07) is 0. The first-order valence-electron chi connectivity index (χ1n) is 5.79. The zero-order valence-electron chi connectivity index (χ0n) is 10.5. The molecule has 0 aromatic heterocycles. The summed E-state index contributed by atoms with van der Waals surface area (Å²) in [6.45, 7) is 8.25. The SMILES string of the molecule is C.C.CCCC(=O)CC.CCCOC(=O)CC. The van der Waals surface area contributed by atoms with Gasteiger partial charge in [0.25, 0.3) is 0 Å². The standard InChI is InChI=1S/C6H12O2.C6H12O.2CH4/c1-3-5-8-6(7)4-2;1-3-5-6(7)4-2;;/h3-5H2,1-2H3;3-5H2,1-2H3;2*1H4. The van der Waals surface area contributed by atoms with Gasteiger partial charge in [0.05, 0.1) is 6.61 Å². The molecule has 17 heavy (non-hydrogen) atoms. The van der Waals surface area contributed by atoms with E-state index in [1.165, 1.54) is 0 Å². The van der Waals surface area contributed by atoms with Crippen LogP contribution >= 0.6 is 0 Å². The Balaban J connectivity index is -0.0000000896. The topological polar surface area (TPSA) is 43.4 Å². The third-order valence-corrected chi connectivity index (χ3v) is 1.68. The van der Waals surface area contributed by atoms with E-state index in [9.17, 15) is 9.59 Å². The van der Waals surface area contributed by atoms with E-state index in [4.69, 9.17) is 4.74 Å². The molecule has 3 heteroatoms. The van der Waals surface area contributed by atoms with E-state index in [-0.39, 0.29) is 20.8 Å². The normalized spacial score (nSPS) is 7.76. The quantitative estimate of drug-likeness (QED) is 0.655. The van der Waals surface area contributed by atoms with Crippen LogP contribution in [-0.4, -0.2) is 18.4 Å². The number of carbonyl (C=O) groups is 2. The molecule has 3 nitrogen and oxygen atoms in total. The summed E-state index contributed by atoms with van der Waals surface area (Å²) in [5, 5.41) is 0. The minimum absolute atomic E-state index is 0. The second kappa shape index (κ2) is 20.5. The number of ketones is 1. The summed E-state index contributed by atoms with van der Waals surface area (Å²) >= 11 is 0. The van der Waals surface area contributed by atoms with Crippen LogP contribution in [0.4, 0.5) is 0 Å². The van der Waals surface area contributed by atoms with Gasteiger partial charge in [-0.1, -0.05) is 42.5 Å². The number of hydrogen-bond donors (Lipinski definition) is 0. The van der Waals surface area contributed by atoms with Gasteiger partial charge >= 0.3 is 5.97 Å². The van der Waals surface area contributed by atoms with Gasteiger partial charge in [0.15, 0.2) is 0 Å². The average molecular weight is 248 g/mol. The van der Waals surface area contributed by atoms with E-state index in [1.807, 2.05) is 20.8 Å². The van der Waals surface area contributed by atoms with E-state index < -0.39 is 0 Å². The lowest BCUT2D eigenvalue weighted by Crippen LogP contribution is -2.02. The van der Waals surface area contributed by atoms with Crippen molar-refractivity contribution in [2.24, 2.45) is 0 Å². The van der Waals surface area contributed by atoms with Crippen molar-refractivity contribution in [3.05, 3.63) is 0 Å². The molecular weight excluding hydrogens is 216 g/mol. The summed E-state index contributed by atoms with van der Waals surface area (Å²) in [6.07, 6.45) is 3.85. The maximum Gasteiger partial charge on any atom is 0.305 e. The minimum atomic E-state index is -0.105. The summed E-state index contributed by atoms with van der Waals surface area (Å²) < 4.78 is 4.70. The Morgan fingerprint density at radius 1 is 0.882 bits per heavy atom. The van der Waals surface area contributed by atoms with Gasteiger partial charge in [0.1, 0.15) is 5.78 Å². The van der Waals surface area contributed by atoms with Crippen LogP contribution < -0.4 is 0 Å². The summed E-state index contributed by atoms with van der Waals surface area (Å²) in [4.78, 5) is 20.8. The molecule has 106 valence electrons. The number of hydrogen-bond acceptors (Lipinski definition) is 3. The van der Waals surface area contributed by atoms with Crippen LogP contribution in [0.3, 0.4) is 0 Å². The second-order valence-corrected chi connectivity index (χ2v) is 3.22. The van der Waals surface area contributed by atoms with Gasteiger partial charge in [0, 0.05) is 19.3 Å². The first kappa shape index (κ1) is 25.1. The van der Waals surface area contributed by atoms with E-state index in [0.29, 0.717) is 25.2 Å². The smallest absolute Gasteiger partial charge is 0.305 e. The number of carbonyl (C=O) groups excluding carboxylic acids is 2. The maximum absolute atomic E-state index is 10.4. The Bertz CT molecular complexity index is 165. The molecule has 0 rings (SSSR count). The lowest BCUT2D eigenvalue weighted by atomic mass is 10.2.